The predicted octanol–water partition coefficient (Wildman–Crippen LogP) is 0.437. The minimum atomic E-state index is -0.129. The highest BCUT2D eigenvalue weighted by atomic mass is 16.2. The van der Waals surface area contributed by atoms with Crippen LogP contribution in [0.2, 0.25) is 0 Å². The van der Waals surface area contributed by atoms with Crippen molar-refractivity contribution in [2.24, 2.45) is 11.8 Å². The standard InChI is InChI=1S/C15H23N5O2/c1-4-18(3)14(21)11-5-16-20(10-11)15(22)19-8-12-6-17(2)7-13(12)9-19/h5,10,12-13H,4,6-9H2,1-3H3. The molecule has 0 aliphatic carbocycles. The van der Waals surface area contributed by atoms with Crippen LogP contribution in [-0.4, -0.2) is 83.2 Å². The van der Waals surface area contributed by atoms with Gasteiger partial charge in [-0.25, -0.2) is 4.79 Å². The summed E-state index contributed by atoms with van der Waals surface area (Å²) in [7, 11) is 3.86. The van der Waals surface area contributed by atoms with E-state index < -0.39 is 0 Å². The third-order valence-corrected chi connectivity index (χ3v) is 4.79. The summed E-state index contributed by atoms with van der Waals surface area (Å²) in [5.41, 5.74) is 0.455. The number of aromatic nitrogens is 2. The predicted molar refractivity (Wildman–Crippen MR) is 81.7 cm³/mol. The Hall–Kier alpha value is -1.89. The van der Waals surface area contributed by atoms with Crippen molar-refractivity contribution in [2.45, 2.75) is 6.92 Å². The van der Waals surface area contributed by atoms with Gasteiger partial charge in [-0.3, -0.25) is 4.79 Å². The third-order valence-electron chi connectivity index (χ3n) is 4.79. The van der Waals surface area contributed by atoms with E-state index in [2.05, 4.69) is 17.0 Å². The zero-order valence-corrected chi connectivity index (χ0v) is 13.4. The second-order valence-electron chi connectivity index (χ2n) is 6.42. The van der Waals surface area contributed by atoms with Gasteiger partial charge in [-0.2, -0.15) is 9.78 Å². The molecule has 120 valence electrons. The maximum absolute atomic E-state index is 12.5. The molecule has 7 heteroatoms. The van der Waals surface area contributed by atoms with E-state index >= 15 is 0 Å². The van der Waals surface area contributed by atoms with Gasteiger partial charge in [-0.1, -0.05) is 0 Å². The van der Waals surface area contributed by atoms with Crippen LogP contribution in [0.15, 0.2) is 12.4 Å². The van der Waals surface area contributed by atoms with E-state index in [1.807, 2.05) is 11.8 Å². The van der Waals surface area contributed by atoms with Crippen LogP contribution in [0.4, 0.5) is 4.79 Å². The minimum Gasteiger partial charge on any atom is -0.342 e. The van der Waals surface area contributed by atoms with Gasteiger partial charge in [0.05, 0.1) is 11.8 Å². The summed E-state index contributed by atoms with van der Waals surface area (Å²) < 4.78 is 1.29. The van der Waals surface area contributed by atoms with Crippen molar-refractivity contribution < 1.29 is 9.59 Å². The maximum atomic E-state index is 12.5. The van der Waals surface area contributed by atoms with Gasteiger partial charge >= 0.3 is 6.03 Å². The van der Waals surface area contributed by atoms with E-state index in [1.165, 1.54) is 17.1 Å². The Morgan fingerprint density at radius 3 is 2.50 bits per heavy atom. The first-order chi connectivity index (χ1) is 10.5. The average molecular weight is 305 g/mol. The summed E-state index contributed by atoms with van der Waals surface area (Å²) in [5.74, 6) is 1.02. The number of likely N-dealkylation sites (tertiary alicyclic amines) is 2. The van der Waals surface area contributed by atoms with E-state index in [9.17, 15) is 9.59 Å². The van der Waals surface area contributed by atoms with Crippen LogP contribution in [0.5, 0.6) is 0 Å². The van der Waals surface area contributed by atoms with Crippen molar-refractivity contribution in [1.82, 2.24) is 24.5 Å². The van der Waals surface area contributed by atoms with Crippen LogP contribution in [0.25, 0.3) is 0 Å². The molecule has 0 radical (unpaired) electrons. The first-order valence-electron chi connectivity index (χ1n) is 7.77. The monoisotopic (exact) mass is 305 g/mol. The van der Waals surface area contributed by atoms with E-state index in [-0.39, 0.29) is 11.9 Å². The van der Waals surface area contributed by atoms with Crippen molar-refractivity contribution in [1.29, 1.82) is 0 Å². The highest BCUT2D eigenvalue weighted by molar-refractivity contribution is 5.94. The SMILES string of the molecule is CCN(C)C(=O)c1cnn(C(=O)N2CC3CN(C)CC3C2)c1. The summed E-state index contributed by atoms with van der Waals surface area (Å²) in [6.07, 6.45) is 3.01. The van der Waals surface area contributed by atoms with Crippen LogP contribution >= 0.6 is 0 Å². The molecule has 0 spiro atoms. The Kier molecular flexibility index (Phi) is 3.90. The molecule has 2 aliphatic rings. The molecule has 7 nitrogen and oxygen atoms in total. The molecule has 2 unspecified atom stereocenters. The second kappa shape index (κ2) is 5.72. The molecular formula is C15H23N5O2. The van der Waals surface area contributed by atoms with Crippen LogP contribution in [0.3, 0.4) is 0 Å². The lowest BCUT2D eigenvalue weighted by Crippen LogP contribution is -2.35. The number of nitrogens with zero attached hydrogens (tertiary/aromatic N) is 5. The number of carbonyl (C=O) groups is 2. The summed E-state index contributed by atoms with van der Waals surface area (Å²) in [4.78, 5) is 30.4. The van der Waals surface area contributed by atoms with E-state index in [0.29, 0.717) is 23.9 Å². The number of fused-ring (bicyclic) bond motifs is 1. The van der Waals surface area contributed by atoms with Gasteiger partial charge < -0.3 is 14.7 Å². The minimum absolute atomic E-state index is 0.110. The molecule has 3 heterocycles. The van der Waals surface area contributed by atoms with Gasteiger partial charge in [0, 0.05) is 46.0 Å². The van der Waals surface area contributed by atoms with Crippen LogP contribution < -0.4 is 0 Å². The Morgan fingerprint density at radius 1 is 1.27 bits per heavy atom. The molecule has 2 amide bonds. The molecule has 1 aromatic heterocycles. The number of amides is 2. The molecule has 2 saturated heterocycles. The van der Waals surface area contributed by atoms with Gasteiger partial charge in [0.15, 0.2) is 0 Å². The van der Waals surface area contributed by atoms with E-state index in [1.54, 1.807) is 11.9 Å². The average Bonchev–Trinajstić information content (AvgIpc) is 3.18. The first-order valence-corrected chi connectivity index (χ1v) is 7.77. The lowest BCUT2D eigenvalue weighted by molar-refractivity contribution is 0.0802. The molecule has 0 saturated carbocycles. The topological polar surface area (TPSA) is 61.7 Å². The molecule has 1 aromatic rings. The zero-order valence-electron chi connectivity index (χ0n) is 13.4. The Balaban J connectivity index is 1.67. The normalized spacial score (nSPS) is 24.6. The summed E-state index contributed by atoms with van der Waals surface area (Å²) in [5, 5.41) is 4.07. The first kappa shape index (κ1) is 15.0. The highest BCUT2D eigenvalue weighted by Crippen LogP contribution is 2.30. The van der Waals surface area contributed by atoms with Gasteiger partial charge in [0.25, 0.3) is 5.91 Å². The van der Waals surface area contributed by atoms with Gasteiger partial charge in [-0.05, 0) is 25.8 Å². The fraction of sp³-hybridized carbons (Fsp3) is 0.667. The van der Waals surface area contributed by atoms with Gasteiger partial charge in [0.1, 0.15) is 0 Å². The molecule has 0 N–H and O–H groups in total. The number of hydrogen-bond donors (Lipinski definition) is 0. The van der Waals surface area contributed by atoms with Crippen molar-refractivity contribution >= 4 is 11.9 Å². The molecule has 2 aliphatic heterocycles. The lowest BCUT2D eigenvalue weighted by atomic mass is 10.0. The number of hydrogen-bond acceptors (Lipinski definition) is 4. The molecule has 3 rings (SSSR count). The lowest BCUT2D eigenvalue weighted by Gasteiger charge is -2.18. The molecular weight excluding hydrogens is 282 g/mol. The zero-order chi connectivity index (χ0) is 15.9. The van der Waals surface area contributed by atoms with Crippen LogP contribution in [0.1, 0.15) is 17.3 Å². The van der Waals surface area contributed by atoms with Gasteiger partial charge in [-0.15, -0.1) is 0 Å². The maximum Gasteiger partial charge on any atom is 0.344 e. The van der Waals surface area contributed by atoms with E-state index in [4.69, 9.17) is 0 Å². The summed E-state index contributed by atoms with van der Waals surface area (Å²) in [6, 6.07) is -0.129. The Labute approximate surface area is 130 Å². The molecule has 0 aromatic carbocycles. The fourth-order valence-electron chi connectivity index (χ4n) is 3.43. The Bertz CT molecular complexity index is 570. The third kappa shape index (κ3) is 2.61. The number of rotatable bonds is 2. The molecule has 0 bridgehead atoms. The van der Waals surface area contributed by atoms with Crippen molar-refractivity contribution in [2.75, 3.05) is 46.8 Å². The fourth-order valence-corrected chi connectivity index (χ4v) is 3.43. The smallest absolute Gasteiger partial charge is 0.342 e. The molecule has 22 heavy (non-hydrogen) atoms. The highest BCUT2D eigenvalue weighted by Gasteiger charge is 2.40. The quantitative estimate of drug-likeness (QED) is 0.795. The van der Waals surface area contributed by atoms with Crippen molar-refractivity contribution in [3.63, 3.8) is 0 Å². The Morgan fingerprint density at radius 2 is 1.91 bits per heavy atom. The van der Waals surface area contributed by atoms with E-state index in [0.717, 1.165) is 26.2 Å². The molecule has 2 atom stereocenters. The number of carbonyl (C=O) groups excluding carboxylic acids is 2. The second-order valence-corrected chi connectivity index (χ2v) is 6.42. The van der Waals surface area contributed by atoms with Gasteiger partial charge in [0.2, 0.25) is 0 Å². The largest absolute Gasteiger partial charge is 0.344 e. The summed E-state index contributed by atoms with van der Waals surface area (Å²) in [6.45, 7) is 6.21. The van der Waals surface area contributed by atoms with Crippen molar-refractivity contribution in [3.8, 4) is 0 Å². The van der Waals surface area contributed by atoms with Crippen LogP contribution in [0, 0.1) is 11.8 Å². The summed E-state index contributed by atoms with van der Waals surface area (Å²) >= 11 is 0. The van der Waals surface area contributed by atoms with Crippen LogP contribution in [-0.2, 0) is 0 Å². The van der Waals surface area contributed by atoms with Crippen molar-refractivity contribution in [3.05, 3.63) is 18.0 Å². The molecule has 2 fully saturated rings.